The molecule has 208 valence electrons. The van der Waals surface area contributed by atoms with E-state index in [2.05, 4.69) is 26.3 Å². The summed E-state index contributed by atoms with van der Waals surface area (Å²) in [5.74, 6) is -4.27. The van der Waals surface area contributed by atoms with Gasteiger partial charge in [-0.15, -0.1) is 0 Å². The number of carboxylic acids is 4. The predicted molar refractivity (Wildman–Crippen MR) is 130 cm³/mol. The largest absolute Gasteiger partial charge is 0.478 e. The fourth-order valence-corrected chi connectivity index (χ4v) is 0.781. The molecule has 0 aromatic heterocycles. The van der Waals surface area contributed by atoms with Crippen LogP contribution >= 0.6 is 0 Å². The van der Waals surface area contributed by atoms with Gasteiger partial charge in [0, 0.05) is 35.3 Å². The topological polar surface area (TPSA) is 247 Å². The molecule has 36 heavy (non-hydrogen) atoms. The van der Waals surface area contributed by atoms with Crippen molar-refractivity contribution < 1.29 is 64.8 Å². The van der Waals surface area contributed by atoms with E-state index in [-0.39, 0.29) is 35.3 Å². The van der Waals surface area contributed by atoms with Crippen LogP contribution in [0.2, 0.25) is 0 Å². The quantitative estimate of drug-likeness (QED) is 0.182. The first-order chi connectivity index (χ1) is 16.2. The number of Topliss-reactive ketones (excluding diaryl/α,β-unsaturated/α-hetero) is 1. The molecule has 0 fully saturated rings. The molecule has 0 atom stereocenters. The molecule has 0 rings (SSSR count). The number of ketones is 1. The van der Waals surface area contributed by atoms with Gasteiger partial charge < -0.3 is 40.9 Å². The monoisotopic (exact) mass is 522 g/mol. The maximum atomic E-state index is 11.1. The maximum Gasteiger partial charge on any atom is 0.330 e. The molecule has 0 aliphatic heterocycles. The van der Waals surface area contributed by atoms with Crippen LogP contribution in [0.3, 0.4) is 0 Å². The molecule has 0 saturated heterocycles. The molecule has 13 nitrogen and oxygen atoms in total. The molecule has 0 aliphatic carbocycles. The third kappa shape index (κ3) is 28.4. The highest BCUT2D eigenvalue weighted by Gasteiger charge is 2.35. The molecule has 0 aromatic carbocycles. The van der Waals surface area contributed by atoms with Gasteiger partial charge in [0.05, 0.1) is 25.2 Å². The Balaban J connectivity index is -0.000000116. The maximum absolute atomic E-state index is 11.1. The Labute approximate surface area is 209 Å². The van der Waals surface area contributed by atoms with E-state index in [9.17, 15) is 24.0 Å². The summed E-state index contributed by atoms with van der Waals surface area (Å²) in [4.78, 5) is 49.5. The van der Waals surface area contributed by atoms with Gasteiger partial charge in [0.15, 0.2) is 0 Å². The molecule has 0 aromatic rings. The van der Waals surface area contributed by atoms with Crippen molar-refractivity contribution in [3.63, 3.8) is 0 Å². The number of carboxylic acid groups (broad SMARTS) is 4. The predicted octanol–water partition coefficient (Wildman–Crippen LogP) is 0.490. The van der Waals surface area contributed by atoms with Crippen LogP contribution in [0.4, 0.5) is 0 Å². The first-order valence-corrected chi connectivity index (χ1v) is 9.76. The Kier molecular flexibility index (Phi) is 28.9. The molecular formula is C23H38O13. The van der Waals surface area contributed by atoms with Gasteiger partial charge in [-0.1, -0.05) is 26.3 Å². The number of rotatable bonds is 10. The molecule has 0 amide bonds. The third-order valence-electron chi connectivity index (χ3n) is 3.30. The minimum absolute atomic E-state index is 0.165. The highest BCUT2D eigenvalue weighted by atomic mass is 16.4. The Morgan fingerprint density at radius 3 is 0.778 bits per heavy atom. The Hall–Kier alpha value is -3.65. The second-order valence-electron chi connectivity index (χ2n) is 6.99. The second-order valence-corrected chi connectivity index (χ2v) is 6.99. The summed E-state index contributed by atoms with van der Waals surface area (Å²) < 4.78 is 0. The molecule has 8 N–H and O–H groups in total. The van der Waals surface area contributed by atoms with E-state index in [1.54, 1.807) is 0 Å². The standard InChI is InChI=1S/C7H14O5.4C4H6O2/c8-2-1-6(12)7(3-9,4-10)5-11;4*1-3(2)4(5)6/h8-11H,1-5H2;4*1H2,2H3,(H,5,6). The summed E-state index contributed by atoms with van der Waals surface area (Å²) in [6.45, 7) is 16.2. The lowest BCUT2D eigenvalue weighted by atomic mass is 9.84. The summed E-state index contributed by atoms with van der Waals surface area (Å²) in [5, 5.41) is 66.2. The molecule has 0 radical (unpaired) electrons. The van der Waals surface area contributed by atoms with Gasteiger partial charge in [0.25, 0.3) is 0 Å². The fraction of sp³-hybridized carbons (Fsp3) is 0.435. The number of hydrogen-bond donors (Lipinski definition) is 8. The summed E-state index contributed by atoms with van der Waals surface area (Å²) in [5.41, 5.74) is -0.794. The zero-order chi connectivity index (χ0) is 30.2. The molecule has 0 unspecified atom stereocenters. The minimum Gasteiger partial charge on any atom is -0.478 e. The fourth-order valence-electron chi connectivity index (χ4n) is 0.781. The van der Waals surface area contributed by atoms with Crippen LogP contribution in [0, 0.1) is 5.41 Å². The lowest BCUT2D eigenvalue weighted by Crippen LogP contribution is -2.42. The summed E-state index contributed by atoms with van der Waals surface area (Å²) in [7, 11) is 0. The van der Waals surface area contributed by atoms with E-state index in [0.717, 1.165) is 0 Å². The van der Waals surface area contributed by atoms with Crippen molar-refractivity contribution in [2.24, 2.45) is 5.41 Å². The van der Waals surface area contributed by atoms with Crippen molar-refractivity contribution in [2.75, 3.05) is 26.4 Å². The van der Waals surface area contributed by atoms with E-state index < -0.39 is 54.9 Å². The van der Waals surface area contributed by atoms with E-state index >= 15 is 0 Å². The van der Waals surface area contributed by atoms with Gasteiger partial charge in [-0.25, -0.2) is 19.2 Å². The van der Waals surface area contributed by atoms with E-state index in [1.165, 1.54) is 27.7 Å². The van der Waals surface area contributed by atoms with Crippen LogP contribution in [0.1, 0.15) is 34.1 Å². The van der Waals surface area contributed by atoms with Crippen molar-refractivity contribution in [3.8, 4) is 0 Å². The van der Waals surface area contributed by atoms with Gasteiger partial charge in [-0.3, -0.25) is 4.79 Å². The Morgan fingerprint density at radius 1 is 0.528 bits per heavy atom. The average molecular weight is 523 g/mol. The van der Waals surface area contributed by atoms with Crippen LogP contribution in [-0.4, -0.2) is 96.9 Å². The van der Waals surface area contributed by atoms with Crippen molar-refractivity contribution in [3.05, 3.63) is 48.6 Å². The molecular weight excluding hydrogens is 484 g/mol. The van der Waals surface area contributed by atoms with Crippen molar-refractivity contribution in [1.29, 1.82) is 0 Å². The zero-order valence-corrected chi connectivity index (χ0v) is 21.0. The van der Waals surface area contributed by atoms with Gasteiger partial charge >= 0.3 is 23.9 Å². The van der Waals surface area contributed by atoms with E-state index in [4.69, 9.17) is 40.9 Å². The highest BCUT2D eigenvalue weighted by molar-refractivity contribution is 5.86. The Bertz CT molecular complexity index is 623. The van der Waals surface area contributed by atoms with Crippen molar-refractivity contribution in [1.82, 2.24) is 0 Å². The molecule has 0 heterocycles. The number of aliphatic hydroxyl groups is 4. The number of aliphatic hydroxyl groups excluding tert-OH is 4. The molecule has 0 aliphatic rings. The average Bonchev–Trinajstić information content (AvgIpc) is 2.77. The molecule has 0 bridgehead atoms. The summed E-state index contributed by atoms with van der Waals surface area (Å²) in [6, 6.07) is 0. The summed E-state index contributed by atoms with van der Waals surface area (Å²) >= 11 is 0. The van der Waals surface area contributed by atoms with Crippen LogP contribution < -0.4 is 0 Å². The smallest absolute Gasteiger partial charge is 0.330 e. The minimum atomic E-state index is -1.50. The SMILES string of the molecule is C=C(C)C(=O)O.C=C(C)C(=O)O.C=C(C)C(=O)O.C=C(C)C(=O)O.O=C(CCO)C(CO)(CO)CO. The van der Waals surface area contributed by atoms with Crippen molar-refractivity contribution in [2.45, 2.75) is 34.1 Å². The summed E-state index contributed by atoms with van der Waals surface area (Å²) in [6.07, 6.45) is -0.165. The van der Waals surface area contributed by atoms with E-state index in [0.29, 0.717) is 0 Å². The lowest BCUT2D eigenvalue weighted by Gasteiger charge is -2.24. The number of aliphatic carboxylic acids is 4. The van der Waals surface area contributed by atoms with Gasteiger partial charge in [0.2, 0.25) is 0 Å². The first-order valence-electron chi connectivity index (χ1n) is 9.76. The molecule has 13 heteroatoms. The second kappa shape index (κ2) is 24.5. The van der Waals surface area contributed by atoms with Gasteiger partial charge in [-0.2, -0.15) is 0 Å². The van der Waals surface area contributed by atoms with E-state index in [1.807, 2.05) is 0 Å². The highest BCUT2D eigenvalue weighted by Crippen LogP contribution is 2.17. The zero-order valence-electron chi connectivity index (χ0n) is 21.0. The normalized spacial score (nSPS) is 8.89. The van der Waals surface area contributed by atoms with Gasteiger partial charge in [0.1, 0.15) is 5.78 Å². The van der Waals surface area contributed by atoms with Crippen LogP contribution in [0.15, 0.2) is 48.6 Å². The molecule has 0 saturated carbocycles. The van der Waals surface area contributed by atoms with Crippen LogP contribution in [0.25, 0.3) is 0 Å². The van der Waals surface area contributed by atoms with Crippen LogP contribution in [0.5, 0.6) is 0 Å². The van der Waals surface area contributed by atoms with Crippen molar-refractivity contribution >= 4 is 29.7 Å². The molecule has 0 spiro atoms. The Morgan fingerprint density at radius 2 is 0.694 bits per heavy atom. The van der Waals surface area contributed by atoms with Gasteiger partial charge in [-0.05, 0) is 27.7 Å². The number of carbonyl (C=O) groups excluding carboxylic acids is 1. The lowest BCUT2D eigenvalue weighted by molar-refractivity contribution is -0.138. The number of hydrogen-bond acceptors (Lipinski definition) is 9. The first kappa shape index (κ1) is 42.5. The number of carbonyl (C=O) groups is 5. The van der Waals surface area contributed by atoms with Crippen LogP contribution in [-0.2, 0) is 24.0 Å². The third-order valence-corrected chi connectivity index (χ3v) is 3.30.